The number of nitrogens with zero attached hydrogens (tertiary/aromatic N) is 3. The summed E-state index contributed by atoms with van der Waals surface area (Å²) < 4.78 is 7.08. The lowest BCUT2D eigenvalue weighted by atomic mass is 10.1. The van der Waals surface area contributed by atoms with Crippen molar-refractivity contribution in [1.29, 1.82) is 0 Å². The van der Waals surface area contributed by atoms with E-state index in [9.17, 15) is 4.79 Å². The van der Waals surface area contributed by atoms with Gasteiger partial charge in [0.2, 0.25) is 0 Å². The molecule has 24 heavy (non-hydrogen) atoms. The number of ether oxygens (including phenoxy) is 1. The number of carbonyl (C=O) groups is 1. The summed E-state index contributed by atoms with van der Waals surface area (Å²) in [5.41, 5.74) is 2.59. The number of aromatic nitrogens is 2. The van der Waals surface area contributed by atoms with Crippen LogP contribution in [0.25, 0.3) is 0 Å². The van der Waals surface area contributed by atoms with E-state index in [4.69, 9.17) is 9.72 Å². The SMILES string of the molecule is CCOC(=O)c1cc(C)cn1Cc1cccc(N2CCCCC2)n1. The van der Waals surface area contributed by atoms with Gasteiger partial charge in [0.05, 0.1) is 18.8 Å². The van der Waals surface area contributed by atoms with Crippen LogP contribution in [0.3, 0.4) is 0 Å². The number of hydrogen-bond acceptors (Lipinski definition) is 4. The van der Waals surface area contributed by atoms with Crippen LogP contribution in [0.15, 0.2) is 30.5 Å². The van der Waals surface area contributed by atoms with Crippen molar-refractivity contribution in [3.63, 3.8) is 0 Å². The van der Waals surface area contributed by atoms with Crippen LogP contribution in [-0.4, -0.2) is 35.2 Å². The molecule has 0 N–H and O–H groups in total. The Hall–Kier alpha value is -2.30. The van der Waals surface area contributed by atoms with Crippen molar-refractivity contribution < 1.29 is 9.53 Å². The van der Waals surface area contributed by atoms with Gasteiger partial charge in [0, 0.05) is 19.3 Å². The number of anilines is 1. The van der Waals surface area contributed by atoms with Crippen molar-refractivity contribution in [2.24, 2.45) is 0 Å². The van der Waals surface area contributed by atoms with Crippen molar-refractivity contribution in [2.45, 2.75) is 39.7 Å². The van der Waals surface area contributed by atoms with E-state index < -0.39 is 0 Å². The molecule has 2 aromatic heterocycles. The zero-order valence-corrected chi connectivity index (χ0v) is 14.5. The van der Waals surface area contributed by atoms with Crippen molar-refractivity contribution in [1.82, 2.24) is 9.55 Å². The minimum Gasteiger partial charge on any atom is -0.461 e. The minimum absolute atomic E-state index is 0.280. The number of aryl methyl sites for hydroxylation is 1. The molecule has 3 rings (SSSR count). The van der Waals surface area contributed by atoms with Crippen LogP contribution >= 0.6 is 0 Å². The highest BCUT2D eigenvalue weighted by Crippen LogP contribution is 2.19. The van der Waals surface area contributed by atoms with Crippen molar-refractivity contribution in [3.05, 3.63) is 47.4 Å². The van der Waals surface area contributed by atoms with Crippen LogP contribution < -0.4 is 4.90 Å². The molecule has 1 aliphatic heterocycles. The number of rotatable bonds is 5. The third-order valence-electron chi connectivity index (χ3n) is 4.32. The molecule has 1 aliphatic rings. The van der Waals surface area contributed by atoms with Gasteiger partial charge in [-0.3, -0.25) is 0 Å². The highest BCUT2D eigenvalue weighted by Gasteiger charge is 2.16. The summed E-state index contributed by atoms with van der Waals surface area (Å²) in [4.78, 5) is 19.3. The monoisotopic (exact) mass is 327 g/mol. The number of pyridine rings is 1. The van der Waals surface area contributed by atoms with Gasteiger partial charge < -0.3 is 14.2 Å². The molecule has 0 atom stereocenters. The highest BCUT2D eigenvalue weighted by molar-refractivity contribution is 5.88. The third-order valence-corrected chi connectivity index (χ3v) is 4.32. The Bertz CT molecular complexity index is 702. The van der Waals surface area contributed by atoms with Crippen LogP contribution in [-0.2, 0) is 11.3 Å². The molecular formula is C19H25N3O2. The minimum atomic E-state index is -0.280. The molecule has 128 valence electrons. The smallest absolute Gasteiger partial charge is 0.354 e. The zero-order chi connectivity index (χ0) is 16.9. The third kappa shape index (κ3) is 3.78. The average Bonchev–Trinajstić information content (AvgIpc) is 2.96. The lowest BCUT2D eigenvalue weighted by molar-refractivity contribution is 0.0514. The second-order valence-electron chi connectivity index (χ2n) is 6.29. The molecule has 0 aliphatic carbocycles. The second kappa shape index (κ2) is 7.51. The topological polar surface area (TPSA) is 47.4 Å². The fourth-order valence-corrected chi connectivity index (χ4v) is 3.19. The summed E-state index contributed by atoms with van der Waals surface area (Å²) in [5.74, 6) is 0.756. The summed E-state index contributed by atoms with van der Waals surface area (Å²) in [6, 6.07) is 8.00. The standard InChI is InChI=1S/C19H25N3O2/c1-3-24-19(23)17-12-15(2)13-22(17)14-16-8-7-9-18(20-16)21-10-5-4-6-11-21/h7-9,12-13H,3-6,10-11,14H2,1-2H3. The molecule has 0 saturated carbocycles. The molecule has 1 fully saturated rings. The fourth-order valence-electron chi connectivity index (χ4n) is 3.19. The van der Waals surface area contributed by atoms with E-state index in [-0.39, 0.29) is 5.97 Å². The Morgan fingerprint density at radius 3 is 2.79 bits per heavy atom. The number of carbonyl (C=O) groups excluding carboxylic acids is 1. The van der Waals surface area contributed by atoms with Gasteiger partial charge in [0.1, 0.15) is 11.5 Å². The van der Waals surface area contributed by atoms with Crippen LogP contribution in [0, 0.1) is 6.92 Å². The molecular weight excluding hydrogens is 302 g/mol. The molecule has 0 spiro atoms. The van der Waals surface area contributed by atoms with Crippen LogP contribution in [0.2, 0.25) is 0 Å². The molecule has 0 unspecified atom stereocenters. The van der Waals surface area contributed by atoms with E-state index in [1.807, 2.05) is 42.8 Å². The first-order valence-electron chi connectivity index (χ1n) is 8.72. The Morgan fingerprint density at radius 1 is 1.25 bits per heavy atom. The van der Waals surface area contributed by atoms with Gasteiger partial charge in [-0.1, -0.05) is 6.07 Å². The van der Waals surface area contributed by atoms with Crippen molar-refractivity contribution >= 4 is 11.8 Å². The van der Waals surface area contributed by atoms with E-state index in [0.717, 1.165) is 30.2 Å². The largest absolute Gasteiger partial charge is 0.461 e. The quantitative estimate of drug-likeness (QED) is 0.790. The van der Waals surface area contributed by atoms with Crippen molar-refractivity contribution in [3.8, 4) is 0 Å². The second-order valence-corrected chi connectivity index (χ2v) is 6.29. The normalized spacial score (nSPS) is 14.7. The Balaban J connectivity index is 1.80. The number of piperidine rings is 1. The Morgan fingerprint density at radius 2 is 2.04 bits per heavy atom. The predicted molar refractivity (Wildman–Crippen MR) is 94.5 cm³/mol. The zero-order valence-electron chi connectivity index (χ0n) is 14.5. The predicted octanol–water partition coefficient (Wildman–Crippen LogP) is 3.41. The summed E-state index contributed by atoms with van der Waals surface area (Å²) in [5, 5.41) is 0. The summed E-state index contributed by atoms with van der Waals surface area (Å²) >= 11 is 0. The van der Waals surface area contributed by atoms with Gasteiger partial charge in [-0.15, -0.1) is 0 Å². The maximum Gasteiger partial charge on any atom is 0.354 e. The summed E-state index contributed by atoms with van der Waals surface area (Å²) in [6.07, 6.45) is 5.74. The Labute approximate surface area is 143 Å². The lowest BCUT2D eigenvalue weighted by Gasteiger charge is -2.28. The first-order valence-corrected chi connectivity index (χ1v) is 8.72. The van der Waals surface area contributed by atoms with E-state index in [0.29, 0.717) is 18.8 Å². The first-order chi connectivity index (χ1) is 11.7. The number of hydrogen-bond donors (Lipinski definition) is 0. The maximum atomic E-state index is 12.1. The molecule has 5 heteroatoms. The fraction of sp³-hybridized carbons (Fsp3) is 0.474. The van der Waals surface area contributed by atoms with Crippen LogP contribution in [0.5, 0.6) is 0 Å². The average molecular weight is 327 g/mol. The van der Waals surface area contributed by atoms with Gasteiger partial charge in [-0.2, -0.15) is 0 Å². The Kier molecular flexibility index (Phi) is 5.18. The van der Waals surface area contributed by atoms with Gasteiger partial charge in [0.25, 0.3) is 0 Å². The molecule has 2 aromatic rings. The molecule has 5 nitrogen and oxygen atoms in total. The summed E-state index contributed by atoms with van der Waals surface area (Å²) in [7, 11) is 0. The van der Waals surface area contributed by atoms with Gasteiger partial charge in [-0.05, 0) is 56.9 Å². The van der Waals surface area contributed by atoms with Crippen LogP contribution in [0.1, 0.15) is 47.9 Å². The van der Waals surface area contributed by atoms with Crippen LogP contribution in [0.4, 0.5) is 5.82 Å². The molecule has 1 saturated heterocycles. The molecule has 0 aromatic carbocycles. The highest BCUT2D eigenvalue weighted by atomic mass is 16.5. The molecule has 0 bridgehead atoms. The van der Waals surface area contributed by atoms with Gasteiger partial charge in [0.15, 0.2) is 0 Å². The lowest BCUT2D eigenvalue weighted by Crippen LogP contribution is -2.30. The van der Waals surface area contributed by atoms with Gasteiger partial charge >= 0.3 is 5.97 Å². The van der Waals surface area contributed by atoms with E-state index in [2.05, 4.69) is 11.0 Å². The molecule has 0 radical (unpaired) electrons. The van der Waals surface area contributed by atoms with E-state index in [1.165, 1.54) is 19.3 Å². The summed E-state index contributed by atoms with van der Waals surface area (Å²) in [6.45, 7) is 6.91. The van der Waals surface area contributed by atoms with Gasteiger partial charge in [-0.25, -0.2) is 9.78 Å². The maximum absolute atomic E-state index is 12.1. The number of esters is 1. The van der Waals surface area contributed by atoms with Crippen molar-refractivity contribution in [2.75, 3.05) is 24.6 Å². The first kappa shape index (κ1) is 16.6. The molecule has 0 amide bonds. The van der Waals surface area contributed by atoms with E-state index in [1.54, 1.807) is 0 Å². The van der Waals surface area contributed by atoms with E-state index >= 15 is 0 Å². The molecule has 3 heterocycles.